The predicted molar refractivity (Wildman–Crippen MR) is 89.0 cm³/mol. The van der Waals surface area contributed by atoms with Crippen LogP contribution in [0.1, 0.15) is 40.2 Å². The van der Waals surface area contributed by atoms with Crippen molar-refractivity contribution in [2.24, 2.45) is 0 Å². The van der Waals surface area contributed by atoms with Crippen molar-refractivity contribution in [3.8, 4) is 6.07 Å². The van der Waals surface area contributed by atoms with E-state index < -0.39 is 0 Å². The minimum absolute atomic E-state index is 0.220. The van der Waals surface area contributed by atoms with Crippen molar-refractivity contribution >= 4 is 17.4 Å². The van der Waals surface area contributed by atoms with Crippen LogP contribution in [0.3, 0.4) is 0 Å². The zero-order valence-corrected chi connectivity index (χ0v) is 14.4. The SMILES string of the molecule is CCSc1cccc(N2CC(C)(C)OC(C)(C)C2)c1C#N. The van der Waals surface area contributed by atoms with Gasteiger partial charge >= 0.3 is 0 Å². The van der Waals surface area contributed by atoms with Gasteiger partial charge in [-0.05, 0) is 45.6 Å². The molecule has 0 atom stereocenters. The number of benzene rings is 1. The van der Waals surface area contributed by atoms with E-state index in [2.05, 4.69) is 51.7 Å². The average molecular weight is 304 g/mol. The van der Waals surface area contributed by atoms with Crippen molar-refractivity contribution in [3.05, 3.63) is 23.8 Å². The summed E-state index contributed by atoms with van der Waals surface area (Å²) in [6.45, 7) is 12.1. The molecule has 1 aliphatic heterocycles. The second-order valence-electron chi connectivity index (χ2n) is 6.67. The van der Waals surface area contributed by atoms with E-state index in [0.29, 0.717) is 0 Å². The summed E-state index contributed by atoms with van der Waals surface area (Å²) in [6.07, 6.45) is 0. The van der Waals surface area contributed by atoms with Gasteiger partial charge in [-0.2, -0.15) is 5.26 Å². The Labute approximate surface area is 132 Å². The van der Waals surface area contributed by atoms with E-state index in [1.54, 1.807) is 11.8 Å². The summed E-state index contributed by atoms with van der Waals surface area (Å²) in [7, 11) is 0. The quantitative estimate of drug-likeness (QED) is 0.789. The predicted octanol–water partition coefficient (Wildman–Crippen LogP) is 4.06. The second kappa shape index (κ2) is 5.90. The normalized spacial score (nSPS) is 20.1. The number of ether oxygens (including phenoxy) is 1. The van der Waals surface area contributed by atoms with Crippen molar-refractivity contribution in [3.63, 3.8) is 0 Å². The molecule has 0 unspecified atom stereocenters. The van der Waals surface area contributed by atoms with Crippen LogP contribution >= 0.6 is 11.8 Å². The van der Waals surface area contributed by atoms with E-state index in [-0.39, 0.29) is 11.2 Å². The Kier molecular flexibility index (Phi) is 4.55. The summed E-state index contributed by atoms with van der Waals surface area (Å²) in [5.74, 6) is 0.970. The summed E-state index contributed by atoms with van der Waals surface area (Å²) < 4.78 is 6.13. The molecule has 1 aliphatic rings. The highest BCUT2D eigenvalue weighted by molar-refractivity contribution is 7.99. The molecular weight excluding hydrogens is 280 g/mol. The van der Waals surface area contributed by atoms with Crippen LogP contribution in [0, 0.1) is 11.3 Å². The zero-order valence-electron chi connectivity index (χ0n) is 13.6. The molecular formula is C17H24N2OS. The summed E-state index contributed by atoms with van der Waals surface area (Å²) in [5.41, 5.74) is 1.38. The molecule has 114 valence electrons. The first kappa shape index (κ1) is 16.2. The molecule has 1 heterocycles. The number of anilines is 1. The minimum atomic E-state index is -0.220. The Morgan fingerprint density at radius 1 is 1.24 bits per heavy atom. The lowest BCUT2D eigenvalue weighted by Gasteiger charge is -2.48. The number of nitriles is 1. The third-order valence-electron chi connectivity index (χ3n) is 3.45. The van der Waals surface area contributed by atoms with Crippen molar-refractivity contribution < 1.29 is 4.74 Å². The van der Waals surface area contributed by atoms with Gasteiger partial charge in [0.15, 0.2) is 0 Å². The third kappa shape index (κ3) is 3.72. The Morgan fingerprint density at radius 2 is 1.86 bits per heavy atom. The van der Waals surface area contributed by atoms with E-state index in [4.69, 9.17) is 4.74 Å². The van der Waals surface area contributed by atoms with E-state index in [9.17, 15) is 5.26 Å². The number of hydrogen-bond donors (Lipinski definition) is 0. The van der Waals surface area contributed by atoms with Gasteiger partial charge in [0.2, 0.25) is 0 Å². The van der Waals surface area contributed by atoms with Gasteiger partial charge in [0.05, 0.1) is 22.5 Å². The van der Waals surface area contributed by atoms with Gasteiger partial charge in [-0.25, -0.2) is 0 Å². The van der Waals surface area contributed by atoms with Gasteiger partial charge in [0.1, 0.15) is 6.07 Å². The topological polar surface area (TPSA) is 36.3 Å². The number of rotatable bonds is 3. The molecule has 0 radical (unpaired) electrons. The Bertz CT molecular complexity index is 544. The molecule has 1 saturated heterocycles. The summed E-state index contributed by atoms with van der Waals surface area (Å²) in [4.78, 5) is 3.36. The second-order valence-corrected chi connectivity index (χ2v) is 7.98. The number of thioether (sulfide) groups is 1. The molecule has 0 aromatic heterocycles. The monoisotopic (exact) mass is 304 g/mol. The van der Waals surface area contributed by atoms with Gasteiger partial charge in [0, 0.05) is 18.0 Å². The highest BCUT2D eigenvalue weighted by Crippen LogP contribution is 2.35. The number of hydrogen-bond acceptors (Lipinski definition) is 4. The maximum atomic E-state index is 9.60. The first-order valence-electron chi connectivity index (χ1n) is 7.39. The molecule has 1 aromatic carbocycles. The van der Waals surface area contributed by atoms with Gasteiger partial charge in [0.25, 0.3) is 0 Å². The Hall–Kier alpha value is -1.18. The fourth-order valence-corrected chi connectivity index (χ4v) is 3.91. The van der Waals surface area contributed by atoms with Gasteiger partial charge < -0.3 is 9.64 Å². The summed E-state index contributed by atoms with van der Waals surface area (Å²) >= 11 is 1.72. The van der Waals surface area contributed by atoms with Crippen molar-refractivity contribution in [2.45, 2.75) is 50.7 Å². The fourth-order valence-electron chi connectivity index (χ4n) is 3.13. The van der Waals surface area contributed by atoms with Crippen LogP contribution in [0.25, 0.3) is 0 Å². The van der Waals surface area contributed by atoms with Gasteiger partial charge in [-0.15, -0.1) is 11.8 Å². The van der Waals surface area contributed by atoms with Crippen LogP contribution in [0.4, 0.5) is 5.69 Å². The molecule has 0 bridgehead atoms. The number of nitrogens with zero attached hydrogens (tertiary/aromatic N) is 2. The molecule has 21 heavy (non-hydrogen) atoms. The highest BCUT2D eigenvalue weighted by Gasteiger charge is 2.38. The summed E-state index contributed by atoms with van der Waals surface area (Å²) in [5, 5.41) is 9.60. The van der Waals surface area contributed by atoms with Crippen molar-refractivity contribution in [1.29, 1.82) is 5.26 Å². The average Bonchev–Trinajstić information content (AvgIpc) is 2.35. The van der Waals surface area contributed by atoms with Crippen LogP contribution in [0.15, 0.2) is 23.1 Å². The maximum Gasteiger partial charge on any atom is 0.103 e. The van der Waals surface area contributed by atoms with Crippen LogP contribution in [0.5, 0.6) is 0 Å². The lowest BCUT2D eigenvalue weighted by Crippen LogP contribution is -2.57. The highest BCUT2D eigenvalue weighted by atomic mass is 32.2. The molecule has 4 heteroatoms. The molecule has 1 aromatic rings. The van der Waals surface area contributed by atoms with Crippen LogP contribution in [-0.2, 0) is 4.74 Å². The van der Waals surface area contributed by atoms with E-state index >= 15 is 0 Å². The molecule has 0 aliphatic carbocycles. The van der Waals surface area contributed by atoms with E-state index in [0.717, 1.165) is 35.0 Å². The van der Waals surface area contributed by atoms with E-state index in [1.807, 2.05) is 12.1 Å². The standard InChI is InChI=1S/C17H24N2OS/c1-6-21-15-9-7-8-14(13(15)10-18)19-11-16(2,3)20-17(4,5)12-19/h7-9H,6,11-12H2,1-5H3. The van der Waals surface area contributed by atoms with Crippen LogP contribution < -0.4 is 4.90 Å². The Morgan fingerprint density at radius 3 is 2.38 bits per heavy atom. The molecule has 0 amide bonds. The molecule has 0 saturated carbocycles. The first-order chi connectivity index (χ1) is 9.78. The molecule has 0 spiro atoms. The lowest BCUT2D eigenvalue weighted by atomic mass is 9.97. The Balaban J connectivity index is 2.42. The molecule has 3 nitrogen and oxygen atoms in total. The van der Waals surface area contributed by atoms with Crippen molar-refractivity contribution in [2.75, 3.05) is 23.7 Å². The van der Waals surface area contributed by atoms with Crippen LogP contribution in [-0.4, -0.2) is 30.0 Å². The fraction of sp³-hybridized carbons (Fsp3) is 0.588. The minimum Gasteiger partial charge on any atom is -0.366 e. The van der Waals surface area contributed by atoms with Crippen molar-refractivity contribution in [1.82, 2.24) is 0 Å². The third-order valence-corrected chi connectivity index (χ3v) is 4.39. The van der Waals surface area contributed by atoms with Gasteiger partial charge in [-0.1, -0.05) is 13.0 Å². The maximum absolute atomic E-state index is 9.60. The lowest BCUT2D eigenvalue weighted by molar-refractivity contribution is -0.133. The largest absolute Gasteiger partial charge is 0.366 e. The van der Waals surface area contributed by atoms with Crippen LogP contribution in [0.2, 0.25) is 0 Å². The first-order valence-corrected chi connectivity index (χ1v) is 8.37. The molecule has 2 rings (SSSR count). The van der Waals surface area contributed by atoms with Gasteiger partial charge in [-0.3, -0.25) is 0 Å². The van der Waals surface area contributed by atoms with E-state index in [1.165, 1.54) is 0 Å². The summed E-state index contributed by atoms with van der Waals surface area (Å²) in [6, 6.07) is 8.53. The zero-order chi connectivity index (χ0) is 15.7. The molecule has 1 fully saturated rings. The molecule has 0 N–H and O–H groups in total. The smallest absolute Gasteiger partial charge is 0.103 e. The number of morpholine rings is 1.